The van der Waals surface area contributed by atoms with Crippen LogP contribution in [0.4, 0.5) is 0 Å². The summed E-state index contributed by atoms with van der Waals surface area (Å²) in [5.74, 6) is 0.967. The number of aromatic amines is 1. The molecule has 4 heteroatoms. The molecule has 1 saturated heterocycles. The molecule has 1 aromatic heterocycles. The highest BCUT2D eigenvalue weighted by Crippen LogP contribution is 2.28. The number of ketones is 1. The standard InChI is InChI=1S/C15H18N2O2/c1-9-6-10(19-2)7-11-12(8-17-14(9)11)15(18)13-4-3-5-16-13/h6-8,13,16-17H,3-5H2,1-2H3. The zero-order valence-electron chi connectivity index (χ0n) is 11.2. The maximum Gasteiger partial charge on any atom is 0.181 e. The molecule has 3 rings (SSSR count). The molecule has 0 radical (unpaired) electrons. The van der Waals surface area contributed by atoms with E-state index in [9.17, 15) is 4.79 Å². The second-order valence-electron chi connectivity index (χ2n) is 5.08. The van der Waals surface area contributed by atoms with Gasteiger partial charge in [0, 0.05) is 22.7 Å². The Labute approximate surface area is 112 Å². The van der Waals surface area contributed by atoms with Crippen molar-refractivity contribution < 1.29 is 9.53 Å². The van der Waals surface area contributed by atoms with E-state index in [-0.39, 0.29) is 11.8 Å². The van der Waals surface area contributed by atoms with Crippen molar-refractivity contribution in [3.8, 4) is 5.75 Å². The van der Waals surface area contributed by atoms with Crippen LogP contribution in [0.3, 0.4) is 0 Å². The van der Waals surface area contributed by atoms with Crippen molar-refractivity contribution in [3.05, 3.63) is 29.5 Å². The van der Waals surface area contributed by atoms with Crippen LogP contribution in [0, 0.1) is 6.92 Å². The Morgan fingerprint density at radius 3 is 2.95 bits per heavy atom. The Hall–Kier alpha value is -1.81. The average Bonchev–Trinajstić information content (AvgIpc) is 3.07. The first-order valence-electron chi connectivity index (χ1n) is 6.64. The highest BCUT2D eigenvalue weighted by atomic mass is 16.5. The van der Waals surface area contributed by atoms with Gasteiger partial charge in [-0.3, -0.25) is 4.79 Å². The minimum absolute atomic E-state index is 0.0366. The SMILES string of the molecule is COc1cc(C)c2[nH]cc(C(=O)C3CCCN3)c2c1. The summed E-state index contributed by atoms with van der Waals surface area (Å²) in [5.41, 5.74) is 2.87. The molecule has 1 aliphatic rings. The fraction of sp³-hybridized carbons (Fsp3) is 0.400. The number of Topliss-reactive ketones (excluding diaryl/α,β-unsaturated/α-hetero) is 1. The molecule has 0 aliphatic carbocycles. The molecule has 2 N–H and O–H groups in total. The summed E-state index contributed by atoms with van der Waals surface area (Å²) in [4.78, 5) is 15.7. The van der Waals surface area contributed by atoms with Crippen LogP contribution >= 0.6 is 0 Å². The van der Waals surface area contributed by atoms with Gasteiger partial charge in [-0.15, -0.1) is 0 Å². The Bertz CT molecular complexity index is 624. The molecule has 4 nitrogen and oxygen atoms in total. The smallest absolute Gasteiger partial charge is 0.181 e. The van der Waals surface area contributed by atoms with E-state index in [1.165, 1.54) is 0 Å². The molecule has 1 fully saturated rings. The number of aromatic nitrogens is 1. The molecule has 19 heavy (non-hydrogen) atoms. The highest BCUT2D eigenvalue weighted by molar-refractivity contribution is 6.11. The third-order valence-electron chi connectivity index (χ3n) is 3.84. The zero-order chi connectivity index (χ0) is 13.4. The summed E-state index contributed by atoms with van der Waals surface area (Å²) < 4.78 is 5.29. The third-order valence-corrected chi connectivity index (χ3v) is 3.84. The van der Waals surface area contributed by atoms with Crippen LogP contribution in [-0.4, -0.2) is 30.5 Å². The van der Waals surface area contributed by atoms with Crippen molar-refractivity contribution in [2.24, 2.45) is 0 Å². The molecule has 0 amide bonds. The van der Waals surface area contributed by atoms with Gasteiger partial charge in [-0.1, -0.05) is 0 Å². The topological polar surface area (TPSA) is 54.1 Å². The van der Waals surface area contributed by atoms with Crippen molar-refractivity contribution in [1.29, 1.82) is 0 Å². The lowest BCUT2D eigenvalue weighted by Gasteiger charge is -2.08. The van der Waals surface area contributed by atoms with E-state index in [1.54, 1.807) is 7.11 Å². The van der Waals surface area contributed by atoms with Gasteiger partial charge in [-0.25, -0.2) is 0 Å². The van der Waals surface area contributed by atoms with Crippen molar-refractivity contribution in [1.82, 2.24) is 10.3 Å². The van der Waals surface area contributed by atoms with Gasteiger partial charge in [-0.05, 0) is 44.0 Å². The van der Waals surface area contributed by atoms with Crippen molar-refractivity contribution in [2.45, 2.75) is 25.8 Å². The maximum atomic E-state index is 12.5. The molecular formula is C15H18N2O2. The largest absolute Gasteiger partial charge is 0.497 e. The molecular weight excluding hydrogens is 240 g/mol. The van der Waals surface area contributed by atoms with Crippen molar-refractivity contribution >= 4 is 16.7 Å². The maximum absolute atomic E-state index is 12.5. The predicted molar refractivity (Wildman–Crippen MR) is 74.9 cm³/mol. The number of nitrogens with one attached hydrogen (secondary N) is 2. The van der Waals surface area contributed by atoms with Gasteiger partial charge >= 0.3 is 0 Å². The number of carbonyl (C=O) groups excluding carboxylic acids is 1. The first kappa shape index (κ1) is 12.2. The predicted octanol–water partition coefficient (Wildman–Crippen LogP) is 2.42. The Morgan fingerprint density at radius 2 is 2.26 bits per heavy atom. The summed E-state index contributed by atoms with van der Waals surface area (Å²) in [7, 11) is 1.65. The van der Waals surface area contributed by atoms with Gasteiger partial charge < -0.3 is 15.0 Å². The number of aryl methyl sites for hydroxylation is 1. The normalized spacial score (nSPS) is 18.9. The molecule has 100 valence electrons. The summed E-state index contributed by atoms with van der Waals surface area (Å²) >= 11 is 0. The first-order chi connectivity index (χ1) is 9.20. The lowest BCUT2D eigenvalue weighted by atomic mass is 10.0. The van der Waals surface area contributed by atoms with E-state index >= 15 is 0 Å². The molecule has 2 heterocycles. The second-order valence-corrected chi connectivity index (χ2v) is 5.08. The molecule has 1 unspecified atom stereocenters. The van der Waals surface area contributed by atoms with Crippen LogP contribution in [0.5, 0.6) is 5.75 Å². The minimum Gasteiger partial charge on any atom is -0.497 e. The van der Waals surface area contributed by atoms with Gasteiger partial charge in [0.25, 0.3) is 0 Å². The van der Waals surface area contributed by atoms with E-state index in [1.807, 2.05) is 25.3 Å². The van der Waals surface area contributed by atoms with Crippen molar-refractivity contribution in [3.63, 3.8) is 0 Å². The van der Waals surface area contributed by atoms with Crippen LogP contribution in [0.25, 0.3) is 10.9 Å². The fourth-order valence-electron chi connectivity index (χ4n) is 2.80. The molecule has 0 saturated carbocycles. The molecule has 1 aliphatic heterocycles. The van der Waals surface area contributed by atoms with Gasteiger partial charge in [0.1, 0.15) is 5.75 Å². The first-order valence-corrected chi connectivity index (χ1v) is 6.64. The lowest BCUT2D eigenvalue weighted by Crippen LogP contribution is -2.30. The highest BCUT2D eigenvalue weighted by Gasteiger charge is 2.25. The Kier molecular flexibility index (Phi) is 3.03. The summed E-state index contributed by atoms with van der Waals surface area (Å²) in [6.07, 6.45) is 3.81. The van der Waals surface area contributed by atoms with Crippen LogP contribution in [0.15, 0.2) is 18.3 Å². The van der Waals surface area contributed by atoms with Gasteiger partial charge in [0.05, 0.1) is 13.2 Å². The van der Waals surface area contributed by atoms with Gasteiger partial charge in [0.2, 0.25) is 0 Å². The van der Waals surface area contributed by atoms with Crippen molar-refractivity contribution in [2.75, 3.05) is 13.7 Å². The number of rotatable bonds is 3. The number of H-pyrrole nitrogens is 1. The van der Waals surface area contributed by atoms with Crippen LogP contribution in [0.1, 0.15) is 28.8 Å². The number of carbonyl (C=O) groups is 1. The van der Waals surface area contributed by atoms with Crippen LogP contribution in [0.2, 0.25) is 0 Å². The Balaban J connectivity index is 2.08. The summed E-state index contributed by atoms with van der Waals surface area (Å²) in [5, 5.41) is 4.21. The quantitative estimate of drug-likeness (QED) is 0.831. The number of hydrogen-bond donors (Lipinski definition) is 2. The van der Waals surface area contributed by atoms with Crippen LogP contribution in [-0.2, 0) is 0 Å². The summed E-state index contributed by atoms with van der Waals surface area (Å²) in [6, 6.07) is 3.87. The Morgan fingerprint density at radius 1 is 1.42 bits per heavy atom. The number of methoxy groups -OCH3 is 1. The van der Waals surface area contributed by atoms with Crippen LogP contribution < -0.4 is 10.1 Å². The molecule has 1 atom stereocenters. The number of fused-ring (bicyclic) bond motifs is 1. The molecule has 2 aromatic rings. The van der Waals surface area contributed by atoms with E-state index < -0.39 is 0 Å². The van der Waals surface area contributed by atoms with Gasteiger partial charge in [-0.2, -0.15) is 0 Å². The number of benzene rings is 1. The van der Waals surface area contributed by atoms with E-state index in [0.717, 1.165) is 47.2 Å². The third kappa shape index (κ3) is 2.02. The van der Waals surface area contributed by atoms with Gasteiger partial charge in [0.15, 0.2) is 5.78 Å². The average molecular weight is 258 g/mol. The molecule has 0 spiro atoms. The number of ether oxygens (including phenoxy) is 1. The summed E-state index contributed by atoms with van der Waals surface area (Å²) in [6.45, 7) is 2.95. The zero-order valence-corrected chi connectivity index (χ0v) is 11.2. The number of hydrogen-bond acceptors (Lipinski definition) is 3. The molecule has 0 bridgehead atoms. The van der Waals surface area contributed by atoms with E-state index in [4.69, 9.17) is 4.74 Å². The lowest BCUT2D eigenvalue weighted by molar-refractivity contribution is 0.0954. The monoisotopic (exact) mass is 258 g/mol. The molecule has 1 aromatic carbocycles. The minimum atomic E-state index is -0.0366. The van der Waals surface area contributed by atoms with E-state index in [0.29, 0.717) is 0 Å². The fourth-order valence-corrected chi connectivity index (χ4v) is 2.80. The van der Waals surface area contributed by atoms with E-state index in [2.05, 4.69) is 10.3 Å². The second kappa shape index (κ2) is 4.70.